The molecule has 1 aliphatic rings. The summed E-state index contributed by atoms with van der Waals surface area (Å²) in [5, 5.41) is 9.98. The maximum absolute atomic E-state index is 12.2. The van der Waals surface area contributed by atoms with Gasteiger partial charge in [0.15, 0.2) is 0 Å². The van der Waals surface area contributed by atoms with Crippen LogP contribution in [0.4, 0.5) is 0 Å². The van der Waals surface area contributed by atoms with Gasteiger partial charge < -0.3 is 19.7 Å². The van der Waals surface area contributed by atoms with Crippen LogP contribution >= 0.6 is 0 Å². The molecule has 0 atom stereocenters. The summed E-state index contributed by atoms with van der Waals surface area (Å²) >= 11 is 0. The van der Waals surface area contributed by atoms with E-state index in [9.17, 15) is 4.79 Å². The molecule has 6 nitrogen and oxygen atoms in total. The van der Waals surface area contributed by atoms with Gasteiger partial charge in [-0.1, -0.05) is 0 Å². The molecule has 1 saturated heterocycles. The van der Waals surface area contributed by atoms with Gasteiger partial charge in [0.2, 0.25) is 5.91 Å². The molecule has 6 heteroatoms. The van der Waals surface area contributed by atoms with Crippen LogP contribution in [-0.2, 0) is 4.79 Å². The lowest BCUT2D eigenvalue weighted by atomic mass is 10.2. The zero-order valence-electron chi connectivity index (χ0n) is 13.8. The van der Waals surface area contributed by atoms with Crippen LogP contribution in [0.1, 0.15) is 12.8 Å². The molecule has 0 aliphatic carbocycles. The quantitative estimate of drug-likeness (QED) is 0.750. The van der Waals surface area contributed by atoms with Crippen LogP contribution in [-0.4, -0.2) is 71.7 Å². The lowest BCUT2D eigenvalue weighted by Gasteiger charge is -2.34. The molecule has 129 valence electrons. The smallest absolute Gasteiger partial charge is 0.222 e. The van der Waals surface area contributed by atoms with Crippen LogP contribution in [0.2, 0.25) is 0 Å². The molecule has 1 radical (unpaired) electrons. The highest BCUT2D eigenvalue weighted by atomic mass is 16.5. The van der Waals surface area contributed by atoms with Crippen LogP contribution in [0, 0.1) is 6.07 Å². The average Bonchev–Trinajstić information content (AvgIpc) is 3.07. The Labute approximate surface area is 142 Å². The SMILES string of the molecule is O=C(CCCOc1ccc2[c]c[nH]c2c1)N1CCN(CCO)CC1. The maximum Gasteiger partial charge on any atom is 0.222 e. The summed E-state index contributed by atoms with van der Waals surface area (Å²) in [6.07, 6.45) is 3.01. The Balaban J connectivity index is 1.36. The van der Waals surface area contributed by atoms with E-state index >= 15 is 0 Å². The molecule has 1 aromatic carbocycles. The van der Waals surface area contributed by atoms with Gasteiger partial charge in [0.25, 0.3) is 0 Å². The molecule has 1 aromatic heterocycles. The number of aromatic nitrogens is 1. The summed E-state index contributed by atoms with van der Waals surface area (Å²) in [6.45, 7) is 4.59. The number of β-amino-alcohol motifs (C(OH)–C–C–N with tert-alkyl or cyclic N) is 1. The number of aliphatic hydroxyl groups excluding tert-OH is 1. The van der Waals surface area contributed by atoms with Crippen molar-refractivity contribution in [2.45, 2.75) is 12.8 Å². The molecular weight excluding hydrogens is 306 g/mol. The summed E-state index contributed by atoms with van der Waals surface area (Å²) in [5.41, 5.74) is 1.00. The van der Waals surface area contributed by atoms with E-state index in [1.165, 1.54) is 0 Å². The number of carbonyl (C=O) groups is 1. The molecule has 2 N–H and O–H groups in total. The summed E-state index contributed by atoms with van der Waals surface area (Å²) in [4.78, 5) is 19.4. The van der Waals surface area contributed by atoms with Gasteiger partial charge in [-0.25, -0.2) is 0 Å². The van der Waals surface area contributed by atoms with E-state index in [2.05, 4.69) is 16.0 Å². The van der Waals surface area contributed by atoms with Gasteiger partial charge in [0, 0.05) is 68.4 Å². The molecule has 0 spiro atoms. The largest absolute Gasteiger partial charge is 0.494 e. The van der Waals surface area contributed by atoms with Crippen molar-refractivity contribution in [2.24, 2.45) is 0 Å². The number of fused-ring (bicyclic) bond motifs is 1. The van der Waals surface area contributed by atoms with Crippen LogP contribution in [0.25, 0.3) is 10.9 Å². The van der Waals surface area contributed by atoms with E-state index in [0.29, 0.717) is 26.0 Å². The molecule has 0 saturated carbocycles. The molecule has 1 fully saturated rings. The Morgan fingerprint density at radius 2 is 2.12 bits per heavy atom. The highest BCUT2D eigenvalue weighted by Gasteiger charge is 2.20. The second-order valence-corrected chi connectivity index (χ2v) is 6.04. The van der Waals surface area contributed by atoms with Crippen molar-refractivity contribution in [1.82, 2.24) is 14.8 Å². The van der Waals surface area contributed by atoms with Gasteiger partial charge in [-0.05, 0) is 18.6 Å². The summed E-state index contributed by atoms with van der Waals surface area (Å²) in [5.74, 6) is 1.00. The first-order valence-electron chi connectivity index (χ1n) is 8.49. The van der Waals surface area contributed by atoms with E-state index in [1.807, 2.05) is 23.1 Å². The second kappa shape index (κ2) is 8.17. The fourth-order valence-electron chi connectivity index (χ4n) is 2.98. The van der Waals surface area contributed by atoms with Crippen molar-refractivity contribution in [3.8, 4) is 5.75 Å². The van der Waals surface area contributed by atoms with Crippen LogP contribution in [0.3, 0.4) is 0 Å². The summed E-state index contributed by atoms with van der Waals surface area (Å²) < 4.78 is 5.73. The lowest BCUT2D eigenvalue weighted by Crippen LogP contribution is -2.49. The third-order valence-electron chi connectivity index (χ3n) is 4.39. The van der Waals surface area contributed by atoms with Crippen molar-refractivity contribution in [1.29, 1.82) is 0 Å². The Morgan fingerprint density at radius 1 is 1.29 bits per heavy atom. The van der Waals surface area contributed by atoms with E-state index < -0.39 is 0 Å². The monoisotopic (exact) mass is 330 g/mol. The topological polar surface area (TPSA) is 68.8 Å². The highest BCUT2D eigenvalue weighted by molar-refractivity contribution is 5.80. The van der Waals surface area contributed by atoms with Gasteiger partial charge in [-0.15, -0.1) is 0 Å². The van der Waals surface area contributed by atoms with Crippen LogP contribution in [0.5, 0.6) is 5.75 Å². The van der Waals surface area contributed by atoms with Crippen LogP contribution in [0.15, 0.2) is 24.4 Å². The number of hydrogen-bond donors (Lipinski definition) is 2. The van der Waals surface area contributed by atoms with Crippen molar-refractivity contribution in [3.63, 3.8) is 0 Å². The lowest BCUT2D eigenvalue weighted by molar-refractivity contribution is -0.133. The van der Waals surface area contributed by atoms with Gasteiger partial charge in [0.1, 0.15) is 5.75 Å². The number of hydrogen-bond acceptors (Lipinski definition) is 4. The third kappa shape index (κ3) is 4.27. The Hall–Kier alpha value is -2.05. The second-order valence-electron chi connectivity index (χ2n) is 6.04. The molecule has 1 amide bonds. The predicted octanol–water partition coefficient (Wildman–Crippen LogP) is 1.26. The number of benzene rings is 1. The Kier molecular flexibility index (Phi) is 5.72. The number of aliphatic hydroxyl groups is 1. The Morgan fingerprint density at radius 3 is 2.92 bits per heavy atom. The molecular formula is C18H24N3O3. The first-order chi connectivity index (χ1) is 11.8. The van der Waals surface area contributed by atoms with Gasteiger partial charge in [0.05, 0.1) is 13.2 Å². The zero-order chi connectivity index (χ0) is 16.8. The third-order valence-corrected chi connectivity index (χ3v) is 4.39. The predicted molar refractivity (Wildman–Crippen MR) is 92.0 cm³/mol. The first kappa shape index (κ1) is 16.8. The van der Waals surface area contributed by atoms with E-state index in [1.54, 1.807) is 6.20 Å². The van der Waals surface area contributed by atoms with E-state index in [0.717, 1.165) is 42.8 Å². The van der Waals surface area contributed by atoms with Crippen molar-refractivity contribution in [3.05, 3.63) is 30.5 Å². The number of nitrogens with one attached hydrogen (secondary N) is 1. The fraction of sp³-hybridized carbons (Fsp3) is 0.500. The zero-order valence-corrected chi connectivity index (χ0v) is 13.8. The Bertz CT molecular complexity index is 662. The molecule has 3 rings (SSSR count). The number of carbonyl (C=O) groups excluding carboxylic acids is 1. The summed E-state index contributed by atoms with van der Waals surface area (Å²) in [7, 11) is 0. The molecule has 0 bridgehead atoms. The number of aromatic amines is 1. The molecule has 2 heterocycles. The minimum absolute atomic E-state index is 0.178. The molecule has 2 aromatic rings. The molecule has 0 unspecified atom stereocenters. The maximum atomic E-state index is 12.2. The number of H-pyrrole nitrogens is 1. The van der Waals surface area contributed by atoms with Crippen molar-refractivity contribution >= 4 is 16.8 Å². The highest BCUT2D eigenvalue weighted by Crippen LogP contribution is 2.19. The molecule has 24 heavy (non-hydrogen) atoms. The van der Waals surface area contributed by atoms with Gasteiger partial charge >= 0.3 is 0 Å². The standard InChI is InChI=1S/C18H24N3O3/c22-12-11-20-7-9-21(10-8-20)18(23)2-1-13-24-16-4-3-15-5-6-19-17(15)14-16/h3-4,6,14,19,22H,1-2,7-13H2. The first-order valence-corrected chi connectivity index (χ1v) is 8.49. The number of amides is 1. The minimum atomic E-state index is 0.178. The van der Waals surface area contributed by atoms with Crippen molar-refractivity contribution in [2.75, 3.05) is 45.9 Å². The fourth-order valence-corrected chi connectivity index (χ4v) is 2.98. The van der Waals surface area contributed by atoms with Gasteiger partial charge in [-0.2, -0.15) is 0 Å². The van der Waals surface area contributed by atoms with E-state index in [4.69, 9.17) is 9.84 Å². The van der Waals surface area contributed by atoms with Gasteiger partial charge in [-0.3, -0.25) is 9.69 Å². The minimum Gasteiger partial charge on any atom is -0.494 e. The normalized spacial score (nSPS) is 15.8. The summed E-state index contributed by atoms with van der Waals surface area (Å²) in [6, 6.07) is 8.95. The average molecular weight is 330 g/mol. The number of piperazine rings is 1. The van der Waals surface area contributed by atoms with Crippen molar-refractivity contribution < 1.29 is 14.6 Å². The van der Waals surface area contributed by atoms with E-state index in [-0.39, 0.29) is 12.5 Å². The molecule has 1 aliphatic heterocycles. The number of ether oxygens (including phenoxy) is 1. The number of nitrogens with zero attached hydrogens (tertiary/aromatic N) is 2. The van der Waals surface area contributed by atoms with Crippen LogP contribution < -0.4 is 4.74 Å². The number of rotatable bonds is 7.